The number of nitrogens with zero attached hydrogens (tertiary/aromatic N) is 2. The van der Waals surface area contributed by atoms with Gasteiger partial charge in [0.05, 0.1) is 39.8 Å². The Hall–Kier alpha value is -4.93. The molecule has 4 atom stereocenters. The Kier molecular flexibility index (Phi) is 14.8. The fraction of sp³-hybridized carbons (Fsp3) is 0.265. The summed E-state index contributed by atoms with van der Waals surface area (Å²) in [5, 5.41) is 1.85. The van der Waals surface area contributed by atoms with Gasteiger partial charge < -0.3 is 41.2 Å². The molecule has 0 bridgehead atoms. The molecule has 6 nitrogen and oxygen atoms in total. The second-order valence-electron chi connectivity index (χ2n) is 14.1. The number of benzene rings is 6. The van der Waals surface area contributed by atoms with Crippen LogP contribution in [0.3, 0.4) is 0 Å². The minimum Gasteiger partial charge on any atom is -1.00 e. The maximum Gasteiger partial charge on any atom is -1.00 e. The van der Waals surface area contributed by atoms with Crippen molar-refractivity contribution in [1.29, 1.82) is 0 Å². The quantitative estimate of drug-likeness (QED) is 0.101. The molecule has 0 saturated carbocycles. The van der Waals surface area contributed by atoms with Gasteiger partial charge in [-0.3, -0.25) is 0 Å². The number of halogens is 1. The first-order valence-corrected chi connectivity index (χ1v) is 20.5. The van der Waals surface area contributed by atoms with Gasteiger partial charge in [-0.1, -0.05) is 84.9 Å². The molecule has 6 aromatic rings. The minimum absolute atomic E-state index is 0. The van der Waals surface area contributed by atoms with E-state index in [1.165, 1.54) is 55.9 Å². The number of hydrogen-bond donors (Lipinski definition) is 0. The second kappa shape index (κ2) is 19.5. The Balaban J connectivity index is 0.000000205. The van der Waals surface area contributed by atoms with Crippen LogP contribution in [0.4, 0.5) is 11.4 Å². The summed E-state index contributed by atoms with van der Waals surface area (Å²) in [4.78, 5) is 5.00. The monoisotopic (exact) mass is 874 g/mol. The summed E-state index contributed by atoms with van der Waals surface area (Å²) in [5.74, 6) is 3.50. The Morgan fingerprint density at radius 2 is 0.544 bits per heavy atom. The summed E-state index contributed by atoms with van der Waals surface area (Å²) in [7, 11) is 6.79. The van der Waals surface area contributed by atoms with Gasteiger partial charge in [0.25, 0.3) is 0 Å². The van der Waals surface area contributed by atoms with Gasteiger partial charge in [0, 0.05) is 46.4 Å². The van der Waals surface area contributed by atoms with Gasteiger partial charge in [0.2, 0.25) is 0 Å². The molecule has 0 spiro atoms. The molecule has 2 fully saturated rings. The standard InChI is InChI=1S/2C24H25NO2.CH3.ClH.Pd/c2*1-16-17(2)25(16)24-22(18-8-12-20(26-3)13-9-18)6-5-7-23(24)19-10-14-21(27-4)15-11-19;;;/h2*5-17H,1-4H3;1H3;1H;/q;;;;+1/p-1. The van der Waals surface area contributed by atoms with Gasteiger partial charge in [0.1, 0.15) is 23.0 Å². The first-order valence-electron chi connectivity index (χ1n) is 19.0. The summed E-state index contributed by atoms with van der Waals surface area (Å²) in [5.41, 5.74) is 12.4. The largest absolute Gasteiger partial charge is 1.00 e. The van der Waals surface area contributed by atoms with E-state index >= 15 is 0 Å². The second-order valence-corrected chi connectivity index (χ2v) is 14.1. The Morgan fingerprint density at radius 1 is 0.351 bits per heavy atom. The van der Waals surface area contributed by atoms with Crippen LogP contribution in [-0.2, 0) is 19.2 Å². The zero-order valence-corrected chi connectivity index (χ0v) is 36.5. The molecule has 2 aliphatic heterocycles. The van der Waals surface area contributed by atoms with Crippen molar-refractivity contribution in [2.75, 3.05) is 38.2 Å². The van der Waals surface area contributed by atoms with Crippen molar-refractivity contribution in [3.63, 3.8) is 0 Å². The van der Waals surface area contributed by atoms with E-state index in [0.717, 1.165) is 23.0 Å². The van der Waals surface area contributed by atoms with E-state index < -0.39 is 0 Å². The predicted molar refractivity (Wildman–Crippen MR) is 230 cm³/mol. The molecule has 0 aliphatic carbocycles. The van der Waals surface area contributed by atoms with E-state index in [9.17, 15) is 0 Å². The van der Waals surface area contributed by atoms with E-state index in [1.807, 2.05) is 53.9 Å². The SMILES string of the molecule is COc1ccc(-c2cccc(-c3ccc(OC)cc3)c2N2C(C)C2C)cc1.COc1ccc(-c2cccc(-c3ccc(OC)cc3)c2N2C(C)C2C)cc1.[CH3][Pd+].[Cl-]. The van der Waals surface area contributed by atoms with Crippen molar-refractivity contribution in [3.8, 4) is 67.5 Å². The molecular formula is C49H53ClN2O4Pd. The molecule has 0 aromatic heterocycles. The van der Waals surface area contributed by atoms with E-state index in [4.69, 9.17) is 18.9 Å². The van der Waals surface area contributed by atoms with Crippen LogP contribution >= 0.6 is 0 Å². The molecule has 2 heterocycles. The predicted octanol–water partition coefficient (Wildman–Crippen LogP) is 8.85. The number of ether oxygens (including phenoxy) is 4. The van der Waals surface area contributed by atoms with E-state index in [1.54, 1.807) is 28.4 Å². The van der Waals surface area contributed by atoms with Crippen LogP contribution in [-0.4, -0.2) is 52.6 Å². The third-order valence-corrected chi connectivity index (χ3v) is 11.2. The molecule has 2 saturated heterocycles. The fourth-order valence-electron chi connectivity index (χ4n) is 7.48. The molecule has 0 amide bonds. The van der Waals surface area contributed by atoms with Gasteiger partial charge in [0.15, 0.2) is 0 Å². The van der Waals surface area contributed by atoms with Crippen LogP contribution in [0.1, 0.15) is 27.7 Å². The average Bonchev–Trinajstić information content (AvgIpc) is 4.09. The summed E-state index contributed by atoms with van der Waals surface area (Å²) in [6.07, 6.45) is 0. The number of para-hydroxylation sites is 2. The topological polar surface area (TPSA) is 42.9 Å². The Bertz CT molecular complexity index is 1890. The number of anilines is 2. The maximum atomic E-state index is 5.32. The molecule has 0 N–H and O–H groups in total. The van der Waals surface area contributed by atoms with Crippen LogP contribution in [0.15, 0.2) is 133 Å². The van der Waals surface area contributed by atoms with Gasteiger partial charge in [-0.25, -0.2) is 0 Å². The van der Waals surface area contributed by atoms with Crippen molar-refractivity contribution in [2.45, 2.75) is 57.3 Å². The van der Waals surface area contributed by atoms with Gasteiger partial charge in [-0.05, 0) is 98.5 Å². The molecular weight excluding hydrogens is 822 g/mol. The van der Waals surface area contributed by atoms with Gasteiger partial charge in [-0.2, -0.15) is 0 Å². The Morgan fingerprint density at radius 3 is 0.702 bits per heavy atom. The molecule has 8 rings (SSSR count). The first kappa shape index (κ1) is 43.2. The summed E-state index contributed by atoms with van der Waals surface area (Å²) < 4.78 is 21.3. The smallest absolute Gasteiger partial charge is 1.00 e. The Labute approximate surface area is 356 Å². The third kappa shape index (κ3) is 9.29. The fourth-order valence-corrected chi connectivity index (χ4v) is 7.48. The molecule has 0 radical (unpaired) electrons. The van der Waals surface area contributed by atoms with Crippen LogP contribution in [0.2, 0.25) is 5.40 Å². The minimum atomic E-state index is 0. The normalized spacial score (nSPS) is 17.5. The molecule has 300 valence electrons. The van der Waals surface area contributed by atoms with E-state index in [-0.39, 0.29) is 12.4 Å². The van der Waals surface area contributed by atoms with Crippen molar-refractivity contribution in [3.05, 3.63) is 133 Å². The van der Waals surface area contributed by atoms with Crippen molar-refractivity contribution in [2.24, 2.45) is 0 Å². The van der Waals surface area contributed by atoms with Crippen LogP contribution < -0.4 is 41.2 Å². The summed E-state index contributed by atoms with van der Waals surface area (Å²) >= 11 is 2.75. The average molecular weight is 876 g/mol. The van der Waals surface area contributed by atoms with Crippen LogP contribution in [0, 0.1) is 0 Å². The summed E-state index contributed by atoms with van der Waals surface area (Å²) in [6.45, 7) is 9.14. The van der Waals surface area contributed by atoms with E-state index in [0.29, 0.717) is 24.2 Å². The van der Waals surface area contributed by atoms with E-state index in [2.05, 4.69) is 142 Å². The maximum absolute atomic E-state index is 5.32. The molecule has 2 aliphatic rings. The van der Waals surface area contributed by atoms with Crippen molar-refractivity contribution in [1.82, 2.24) is 0 Å². The zero-order valence-electron chi connectivity index (χ0n) is 34.2. The third-order valence-electron chi connectivity index (χ3n) is 11.2. The summed E-state index contributed by atoms with van der Waals surface area (Å²) in [6, 6.07) is 48.5. The number of hydrogen-bond acceptors (Lipinski definition) is 6. The molecule has 6 aromatic carbocycles. The van der Waals surface area contributed by atoms with Crippen molar-refractivity contribution >= 4 is 11.4 Å². The molecule has 57 heavy (non-hydrogen) atoms. The van der Waals surface area contributed by atoms with Gasteiger partial charge in [-0.15, -0.1) is 0 Å². The van der Waals surface area contributed by atoms with Crippen molar-refractivity contribution < 1.29 is 50.6 Å². The zero-order chi connectivity index (χ0) is 39.9. The van der Waals surface area contributed by atoms with Crippen LogP contribution in [0.25, 0.3) is 44.5 Å². The van der Waals surface area contributed by atoms with Crippen LogP contribution in [0.5, 0.6) is 23.0 Å². The molecule has 4 unspecified atom stereocenters. The first-order chi connectivity index (χ1) is 27.3. The number of rotatable bonds is 10. The molecule has 8 heteroatoms. The number of methoxy groups -OCH3 is 4. The van der Waals surface area contributed by atoms with Gasteiger partial charge >= 0.3 is 24.6 Å².